The fourth-order valence-corrected chi connectivity index (χ4v) is 2.68. The lowest BCUT2D eigenvalue weighted by Crippen LogP contribution is -2.37. The summed E-state index contributed by atoms with van der Waals surface area (Å²) in [6.45, 7) is 7.09. The molecule has 1 aromatic rings. The van der Waals surface area contributed by atoms with Crippen LogP contribution in [0.1, 0.15) is 29.9 Å². The van der Waals surface area contributed by atoms with Gasteiger partial charge < -0.3 is 20.9 Å². The lowest BCUT2D eigenvalue weighted by molar-refractivity contribution is 0.0750. The van der Waals surface area contributed by atoms with E-state index in [2.05, 4.69) is 22.1 Å². The monoisotopic (exact) mass is 299 g/mol. The molecule has 0 aliphatic carbocycles. The van der Waals surface area contributed by atoms with Crippen molar-refractivity contribution in [1.29, 1.82) is 0 Å². The second kappa shape index (κ2) is 8.06. The number of nitrogens with one attached hydrogen (secondary N) is 1. The van der Waals surface area contributed by atoms with Crippen molar-refractivity contribution in [2.75, 3.05) is 51.3 Å². The highest BCUT2D eigenvalue weighted by molar-refractivity contribution is 7.18. The molecule has 0 aliphatic heterocycles. The van der Waals surface area contributed by atoms with Crippen LogP contribution in [0.4, 0.5) is 10.9 Å². The highest BCUT2D eigenvalue weighted by atomic mass is 32.1. The van der Waals surface area contributed by atoms with Crippen molar-refractivity contribution in [2.24, 2.45) is 0 Å². The van der Waals surface area contributed by atoms with Crippen molar-refractivity contribution < 1.29 is 4.79 Å². The van der Waals surface area contributed by atoms with Crippen LogP contribution in [0.2, 0.25) is 0 Å². The molecule has 0 spiro atoms. The Labute approximate surface area is 125 Å². The highest BCUT2D eigenvalue weighted by Crippen LogP contribution is 2.26. The normalized spacial score (nSPS) is 10.8. The molecule has 0 aromatic carbocycles. The van der Waals surface area contributed by atoms with Crippen LogP contribution in [0.15, 0.2) is 0 Å². The predicted octanol–water partition coefficient (Wildman–Crippen LogP) is 1.57. The van der Waals surface area contributed by atoms with Crippen LogP contribution in [0.5, 0.6) is 0 Å². The van der Waals surface area contributed by atoms with Gasteiger partial charge in [-0.15, -0.1) is 0 Å². The Kier molecular flexibility index (Phi) is 6.74. The first-order chi connectivity index (χ1) is 9.49. The van der Waals surface area contributed by atoms with Gasteiger partial charge in [-0.1, -0.05) is 18.3 Å². The second-order valence-electron chi connectivity index (χ2n) is 4.86. The van der Waals surface area contributed by atoms with Gasteiger partial charge in [0.2, 0.25) is 0 Å². The summed E-state index contributed by atoms with van der Waals surface area (Å²) in [6, 6.07) is 0. The van der Waals surface area contributed by atoms with Crippen molar-refractivity contribution in [3.05, 3.63) is 4.88 Å². The van der Waals surface area contributed by atoms with Gasteiger partial charge in [0.1, 0.15) is 10.7 Å². The Hall–Kier alpha value is -1.34. The average molecular weight is 299 g/mol. The number of nitrogens with zero attached hydrogens (tertiary/aromatic N) is 3. The van der Waals surface area contributed by atoms with Gasteiger partial charge in [0.25, 0.3) is 5.91 Å². The summed E-state index contributed by atoms with van der Waals surface area (Å²) >= 11 is 1.33. The molecule has 1 rings (SSSR count). The minimum atomic E-state index is -0.0205. The van der Waals surface area contributed by atoms with Crippen LogP contribution in [0.25, 0.3) is 0 Å². The van der Waals surface area contributed by atoms with E-state index in [9.17, 15) is 4.79 Å². The first kappa shape index (κ1) is 16.7. The van der Waals surface area contributed by atoms with Crippen molar-refractivity contribution in [3.63, 3.8) is 0 Å². The first-order valence-corrected chi connectivity index (χ1v) is 7.75. The maximum absolute atomic E-state index is 12.6. The van der Waals surface area contributed by atoms with Crippen molar-refractivity contribution >= 4 is 28.2 Å². The number of likely N-dealkylation sites (N-methyl/N-ethyl adjacent to an activating group) is 1. The molecule has 0 bridgehead atoms. The second-order valence-corrected chi connectivity index (χ2v) is 5.86. The molecule has 0 radical (unpaired) electrons. The number of amides is 1. The molecule has 0 fully saturated rings. The van der Waals surface area contributed by atoms with Crippen LogP contribution >= 0.6 is 11.3 Å². The molecule has 0 unspecified atom stereocenters. The van der Waals surface area contributed by atoms with Gasteiger partial charge in [-0.25, -0.2) is 4.98 Å². The fourth-order valence-electron chi connectivity index (χ4n) is 1.76. The van der Waals surface area contributed by atoms with Gasteiger partial charge in [0.15, 0.2) is 5.13 Å². The van der Waals surface area contributed by atoms with E-state index in [1.54, 1.807) is 0 Å². The maximum Gasteiger partial charge on any atom is 0.267 e. The smallest absolute Gasteiger partial charge is 0.267 e. The van der Waals surface area contributed by atoms with E-state index in [-0.39, 0.29) is 5.91 Å². The van der Waals surface area contributed by atoms with E-state index in [4.69, 9.17) is 5.73 Å². The third kappa shape index (κ3) is 4.64. The third-order valence-corrected chi connectivity index (χ3v) is 3.79. The Balaban J connectivity index is 2.82. The lowest BCUT2D eigenvalue weighted by Gasteiger charge is -2.23. The molecule has 7 heteroatoms. The molecule has 0 saturated carbocycles. The maximum atomic E-state index is 12.6. The number of hydrogen-bond donors (Lipinski definition) is 2. The molecule has 6 nitrogen and oxygen atoms in total. The average Bonchev–Trinajstić information content (AvgIpc) is 2.75. The van der Waals surface area contributed by atoms with Gasteiger partial charge in [-0.05, 0) is 27.4 Å². The Morgan fingerprint density at radius 3 is 2.55 bits per heavy atom. The number of thiazole rings is 1. The fraction of sp³-hybridized carbons (Fsp3) is 0.692. The first-order valence-electron chi connectivity index (χ1n) is 6.93. The van der Waals surface area contributed by atoms with E-state index in [1.807, 2.05) is 25.9 Å². The van der Waals surface area contributed by atoms with E-state index in [1.165, 1.54) is 11.3 Å². The summed E-state index contributed by atoms with van der Waals surface area (Å²) in [4.78, 5) is 21.2. The number of anilines is 2. The zero-order valence-electron chi connectivity index (χ0n) is 12.8. The van der Waals surface area contributed by atoms with Gasteiger partial charge >= 0.3 is 0 Å². The molecule has 0 saturated heterocycles. The van der Waals surface area contributed by atoms with E-state index in [0.29, 0.717) is 22.4 Å². The summed E-state index contributed by atoms with van der Waals surface area (Å²) in [5.41, 5.74) is 5.86. The molecule has 1 aromatic heterocycles. The summed E-state index contributed by atoms with van der Waals surface area (Å²) in [6.07, 6.45) is 0.929. The van der Waals surface area contributed by atoms with Crippen molar-refractivity contribution in [3.8, 4) is 0 Å². The third-order valence-electron chi connectivity index (χ3n) is 2.77. The van der Waals surface area contributed by atoms with Gasteiger partial charge in [0, 0.05) is 26.2 Å². The van der Waals surface area contributed by atoms with E-state index < -0.39 is 0 Å². The molecule has 1 amide bonds. The number of carbonyl (C=O) groups excluding carboxylic acids is 1. The minimum absolute atomic E-state index is 0.0205. The largest absolute Gasteiger partial charge is 0.382 e. The van der Waals surface area contributed by atoms with Crippen molar-refractivity contribution in [1.82, 2.24) is 14.8 Å². The van der Waals surface area contributed by atoms with Crippen LogP contribution in [-0.4, -0.2) is 61.0 Å². The molecule has 0 atom stereocenters. The zero-order chi connectivity index (χ0) is 15.1. The molecule has 0 aliphatic rings. The predicted molar refractivity (Wildman–Crippen MR) is 85.4 cm³/mol. The SMILES string of the molecule is CCCN(CCN(C)C)C(=O)c1sc(NCC)nc1N. The van der Waals surface area contributed by atoms with Gasteiger partial charge in [0.05, 0.1) is 0 Å². The van der Waals surface area contributed by atoms with Crippen LogP contribution in [0, 0.1) is 0 Å². The minimum Gasteiger partial charge on any atom is -0.382 e. The Morgan fingerprint density at radius 1 is 1.30 bits per heavy atom. The lowest BCUT2D eigenvalue weighted by atomic mass is 10.3. The van der Waals surface area contributed by atoms with E-state index >= 15 is 0 Å². The number of nitrogen functional groups attached to an aromatic ring is 1. The number of nitrogens with two attached hydrogens (primary N) is 1. The summed E-state index contributed by atoms with van der Waals surface area (Å²) in [5.74, 6) is 0.301. The number of aromatic nitrogens is 1. The quantitative estimate of drug-likeness (QED) is 0.762. The van der Waals surface area contributed by atoms with E-state index in [0.717, 1.165) is 26.1 Å². The topological polar surface area (TPSA) is 74.5 Å². The summed E-state index contributed by atoms with van der Waals surface area (Å²) < 4.78 is 0. The van der Waals surface area contributed by atoms with Gasteiger partial charge in [-0.2, -0.15) is 0 Å². The molecular formula is C13H25N5OS. The highest BCUT2D eigenvalue weighted by Gasteiger charge is 2.21. The Morgan fingerprint density at radius 2 is 2.00 bits per heavy atom. The van der Waals surface area contributed by atoms with Gasteiger partial charge in [-0.3, -0.25) is 4.79 Å². The number of hydrogen-bond acceptors (Lipinski definition) is 6. The standard InChI is InChI=1S/C13H25N5OS/c1-5-7-18(9-8-17(3)4)12(19)10-11(14)16-13(20-10)15-6-2/h5-9,14H2,1-4H3,(H,15,16). The van der Waals surface area contributed by atoms with Crippen LogP contribution < -0.4 is 11.1 Å². The number of carbonyl (C=O) groups is 1. The summed E-state index contributed by atoms with van der Waals surface area (Å²) in [5, 5.41) is 3.80. The van der Waals surface area contributed by atoms with Crippen LogP contribution in [-0.2, 0) is 0 Å². The number of rotatable bonds is 8. The van der Waals surface area contributed by atoms with Crippen LogP contribution in [0.3, 0.4) is 0 Å². The Bertz CT molecular complexity index is 432. The summed E-state index contributed by atoms with van der Waals surface area (Å²) in [7, 11) is 4.00. The zero-order valence-corrected chi connectivity index (χ0v) is 13.6. The molecule has 20 heavy (non-hydrogen) atoms. The molecule has 1 heterocycles. The molecule has 114 valence electrons. The van der Waals surface area contributed by atoms with Crippen molar-refractivity contribution in [2.45, 2.75) is 20.3 Å². The molecular weight excluding hydrogens is 274 g/mol. The molecule has 3 N–H and O–H groups in total.